The summed E-state index contributed by atoms with van der Waals surface area (Å²) >= 11 is 1.63. The predicted molar refractivity (Wildman–Crippen MR) is 66.2 cm³/mol. The van der Waals surface area contributed by atoms with Gasteiger partial charge in [-0.1, -0.05) is 13.3 Å². The highest BCUT2D eigenvalue weighted by atomic mass is 32.1. The lowest BCUT2D eigenvalue weighted by molar-refractivity contribution is 0.635. The van der Waals surface area contributed by atoms with Gasteiger partial charge in [0.05, 0.1) is 17.9 Å². The summed E-state index contributed by atoms with van der Waals surface area (Å²) in [4.78, 5) is 4.55. The second-order valence-electron chi connectivity index (χ2n) is 3.87. The molecule has 0 bridgehead atoms. The van der Waals surface area contributed by atoms with Crippen molar-refractivity contribution in [3.63, 3.8) is 0 Å². The zero-order valence-electron chi connectivity index (χ0n) is 9.55. The lowest BCUT2D eigenvalue weighted by Crippen LogP contribution is -2.09. The molecule has 0 saturated carbocycles. The monoisotopic (exact) mass is 236 g/mol. The minimum atomic E-state index is 0.0698. The van der Waals surface area contributed by atoms with E-state index in [1.807, 2.05) is 24.8 Å². The third-order valence-electron chi connectivity index (χ3n) is 2.44. The van der Waals surface area contributed by atoms with Gasteiger partial charge in [0.25, 0.3) is 0 Å². The van der Waals surface area contributed by atoms with Crippen LogP contribution in [0.1, 0.15) is 30.8 Å². The molecule has 86 valence electrons. The van der Waals surface area contributed by atoms with Gasteiger partial charge in [-0.2, -0.15) is 5.10 Å². The molecule has 16 heavy (non-hydrogen) atoms. The molecule has 0 saturated heterocycles. The van der Waals surface area contributed by atoms with E-state index in [-0.39, 0.29) is 6.04 Å². The Morgan fingerprint density at radius 3 is 3.00 bits per heavy atom. The zero-order chi connectivity index (χ0) is 11.5. The van der Waals surface area contributed by atoms with Crippen molar-refractivity contribution in [2.45, 2.75) is 25.8 Å². The minimum absolute atomic E-state index is 0.0698. The second-order valence-corrected chi connectivity index (χ2v) is 4.76. The molecule has 2 aromatic rings. The SMILES string of the molecule is CCCC(N)c1nc(-c2cnn(C)c2)cs1. The molecule has 1 unspecified atom stereocenters. The van der Waals surface area contributed by atoms with Crippen LogP contribution in [-0.4, -0.2) is 14.8 Å². The van der Waals surface area contributed by atoms with Crippen molar-refractivity contribution >= 4 is 11.3 Å². The fraction of sp³-hybridized carbons (Fsp3) is 0.455. The summed E-state index contributed by atoms with van der Waals surface area (Å²) in [5.41, 5.74) is 8.05. The van der Waals surface area contributed by atoms with Gasteiger partial charge in [-0.25, -0.2) is 4.98 Å². The molecule has 0 fully saturated rings. The largest absolute Gasteiger partial charge is 0.322 e. The van der Waals surface area contributed by atoms with E-state index in [9.17, 15) is 0 Å². The van der Waals surface area contributed by atoms with Crippen LogP contribution in [0, 0.1) is 0 Å². The van der Waals surface area contributed by atoms with Crippen molar-refractivity contribution in [2.75, 3.05) is 0 Å². The van der Waals surface area contributed by atoms with E-state index in [1.165, 1.54) is 0 Å². The number of aryl methyl sites for hydroxylation is 1. The van der Waals surface area contributed by atoms with Crippen molar-refractivity contribution < 1.29 is 0 Å². The van der Waals surface area contributed by atoms with Crippen LogP contribution in [0.2, 0.25) is 0 Å². The van der Waals surface area contributed by atoms with Crippen molar-refractivity contribution in [3.05, 3.63) is 22.8 Å². The van der Waals surface area contributed by atoms with Gasteiger partial charge in [-0.05, 0) is 6.42 Å². The van der Waals surface area contributed by atoms with Gasteiger partial charge < -0.3 is 5.73 Å². The second kappa shape index (κ2) is 4.76. The Bertz CT molecular complexity index is 460. The van der Waals surface area contributed by atoms with Crippen LogP contribution >= 0.6 is 11.3 Å². The van der Waals surface area contributed by atoms with Crippen LogP contribution in [0.4, 0.5) is 0 Å². The molecule has 1 atom stereocenters. The highest BCUT2D eigenvalue weighted by Crippen LogP contribution is 2.25. The normalized spacial score (nSPS) is 12.9. The first-order chi connectivity index (χ1) is 7.70. The highest BCUT2D eigenvalue weighted by molar-refractivity contribution is 7.10. The number of nitrogens with zero attached hydrogens (tertiary/aromatic N) is 3. The van der Waals surface area contributed by atoms with Crippen LogP contribution in [0.3, 0.4) is 0 Å². The average Bonchev–Trinajstić information content (AvgIpc) is 2.85. The summed E-state index contributed by atoms with van der Waals surface area (Å²) in [6.07, 6.45) is 5.86. The maximum absolute atomic E-state index is 6.03. The van der Waals surface area contributed by atoms with Gasteiger partial charge >= 0.3 is 0 Å². The van der Waals surface area contributed by atoms with E-state index >= 15 is 0 Å². The van der Waals surface area contributed by atoms with Crippen molar-refractivity contribution in [1.82, 2.24) is 14.8 Å². The van der Waals surface area contributed by atoms with Crippen molar-refractivity contribution in [1.29, 1.82) is 0 Å². The van der Waals surface area contributed by atoms with E-state index in [1.54, 1.807) is 16.0 Å². The molecule has 2 heterocycles. The molecule has 0 aliphatic carbocycles. The predicted octanol–water partition coefficient (Wildman–Crippen LogP) is 2.34. The van der Waals surface area contributed by atoms with Gasteiger partial charge in [0.15, 0.2) is 0 Å². The Balaban J connectivity index is 2.19. The quantitative estimate of drug-likeness (QED) is 0.886. The minimum Gasteiger partial charge on any atom is -0.322 e. The summed E-state index contributed by atoms with van der Waals surface area (Å²) in [6.45, 7) is 2.13. The third-order valence-corrected chi connectivity index (χ3v) is 3.42. The van der Waals surface area contributed by atoms with Crippen LogP contribution in [0.25, 0.3) is 11.3 Å². The van der Waals surface area contributed by atoms with Gasteiger partial charge in [0.2, 0.25) is 0 Å². The molecule has 0 radical (unpaired) electrons. The van der Waals surface area contributed by atoms with Gasteiger partial charge in [-0.3, -0.25) is 4.68 Å². The van der Waals surface area contributed by atoms with Crippen LogP contribution in [0.5, 0.6) is 0 Å². The first kappa shape index (κ1) is 11.3. The molecular formula is C11H16N4S. The first-order valence-corrected chi connectivity index (χ1v) is 6.28. The van der Waals surface area contributed by atoms with Crippen LogP contribution < -0.4 is 5.73 Å². The standard InChI is InChI=1S/C11H16N4S/c1-3-4-9(12)11-14-10(7-16-11)8-5-13-15(2)6-8/h5-7,9H,3-4,12H2,1-2H3. The van der Waals surface area contributed by atoms with Crippen molar-refractivity contribution in [2.24, 2.45) is 12.8 Å². The van der Waals surface area contributed by atoms with Gasteiger partial charge in [0.1, 0.15) is 5.01 Å². The Labute approximate surface area is 99.1 Å². The average molecular weight is 236 g/mol. The molecule has 2 rings (SSSR count). The smallest absolute Gasteiger partial charge is 0.110 e. The molecule has 4 nitrogen and oxygen atoms in total. The Kier molecular flexibility index (Phi) is 3.36. The molecule has 2 aromatic heterocycles. The number of nitrogens with two attached hydrogens (primary N) is 1. The van der Waals surface area contributed by atoms with E-state index in [4.69, 9.17) is 5.73 Å². The summed E-state index contributed by atoms with van der Waals surface area (Å²) in [5, 5.41) is 7.19. The number of aromatic nitrogens is 3. The number of thiazole rings is 1. The Morgan fingerprint density at radius 1 is 1.56 bits per heavy atom. The van der Waals surface area contributed by atoms with E-state index < -0.39 is 0 Å². The molecule has 0 amide bonds. The van der Waals surface area contributed by atoms with Crippen molar-refractivity contribution in [3.8, 4) is 11.3 Å². The van der Waals surface area contributed by atoms with Crippen LogP contribution in [-0.2, 0) is 7.05 Å². The lowest BCUT2D eigenvalue weighted by atomic mass is 10.2. The third kappa shape index (κ3) is 2.31. The maximum Gasteiger partial charge on any atom is 0.110 e. The van der Waals surface area contributed by atoms with Gasteiger partial charge in [0, 0.05) is 24.2 Å². The fourth-order valence-corrected chi connectivity index (χ4v) is 2.44. The number of rotatable bonds is 4. The fourth-order valence-electron chi connectivity index (χ4n) is 1.58. The number of hydrogen-bond acceptors (Lipinski definition) is 4. The number of hydrogen-bond donors (Lipinski definition) is 1. The zero-order valence-corrected chi connectivity index (χ0v) is 10.4. The molecule has 5 heteroatoms. The van der Waals surface area contributed by atoms with Gasteiger partial charge in [-0.15, -0.1) is 11.3 Å². The Morgan fingerprint density at radius 2 is 2.38 bits per heavy atom. The summed E-state index contributed by atoms with van der Waals surface area (Å²) in [5.74, 6) is 0. The highest BCUT2D eigenvalue weighted by Gasteiger charge is 2.11. The van der Waals surface area contributed by atoms with E-state index in [0.717, 1.165) is 29.1 Å². The molecule has 0 aromatic carbocycles. The van der Waals surface area contributed by atoms with Crippen LogP contribution in [0.15, 0.2) is 17.8 Å². The Hall–Kier alpha value is -1.20. The molecule has 2 N–H and O–H groups in total. The van der Waals surface area contributed by atoms with E-state index in [2.05, 4.69) is 17.0 Å². The molecule has 0 aliphatic rings. The molecular weight excluding hydrogens is 220 g/mol. The summed E-state index contributed by atoms with van der Waals surface area (Å²) in [7, 11) is 1.90. The lowest BCUT2D eigenvalue weighted by Gasteiger charge is -2.04. The summed E-state index contributed by atoms with van der Waals surface area (Å²) in [6, 6.07) is 0.0698. The van der Waals surface area contributed by atoms with E-state index in [0.29, 0.717) is 0 Å². The topological polar surface area (TPSA) is 56.7 Å². The maximum atomic E-state index is 6.03. The summed E-state index contributed by atoms with van der Waals surface area (Å²) < 4.78 is 1.78. The molecule has 0 spiro atoms. The molecule has 0 aliphatic heterocycles. The first-order valence-electron chi connectivity index (χ1n) is 5.40.